The van der Waals surface area contributed by atoms with Crippen LogP contribution in [0.25, 0.3) is 0 Å². The van der Waals surface area contributed by atoms with Crippen molar-refractivity contribution in [3.05, 3.63) is 75.8 Å². The van der Waals surface area contributed by atoms with Crippen molar-refractivity contribution >= 4 is 50.6 Å². The fourth-order valence-corrected chi connectivity index (χ4v) is 12.2. The molecular weight excluding hydrogens is 889 g/mol. The summed E-state index contributed by atoms with van der Waals surface area (Å²) in [4.78, 5) is 45.7. The van der Waals surface area contributed by atoms with Gasteiger partial charge in [0.05, 0.1) is 51.4 Å². The number of methoxy groups -OCH3 is 2. The number of Topliss-reactive ketones (excluding diaryl/α,β-unsaturated/α-hetero) is 1. The number of carbonyl (C=O) groups excluding carboxylic acids is 3. The molecule has 67 heavy (non-hydrogen) atoms. The van der Waals surface area contributed by atoms with Gasteiger partial charge in [0.25, 0.3) is 11.8 Å². The molecule has 13 nitrogen and oxygen atoms in total. The number of hydrogen-bond donors (Lipinski definition) is 1. The van der Waals surface area contributed by atoms with Crippen molar-refractivity contribution in [1.82, 2.24) is 9.80 Å². The van der Waals surface area contributed by atoms with Crippen molar-refractivity contribution in [2.75, 3.05) is 95.9 Å². The highest BCUT2D eigenvalue weighted by Gasteiger charge is 2.35. The Kier molecular flexibility index (Phi) is 18.5. The quantitative estimate of drug-likeness (QED) is 0.0608. The van der Waals surface area contributed by atoms with Gasteiger partial charge in [-0.15, -0.1) is 0 Å². The zero-order valence-corrected chi connectivity index (χ0v) is 42.2. The lowest BCUT2D eigenvalue weighted by Gasteiger charge is -2.34. The summed E-state index contributed by atoms with van der Waals surface area (Å²) < 4.78 is 35.9. The van der Waals surface area contributed by atoms with Crippen LogP contribution >= 0.6 is 21.6 Å². The number of aryl methyl sites for hydroxylation is 2. The molecule has 0 bridgehead atoms. The van der Waals surface area contributed by atoms with Gasteiger partial charge in [-0.3, -0.25) is 14.4 Å². The van der Waals surface area contributed by atoms with Gasteiger partial charge in [0.2, 0.25) is 0 Å². The molecule has 4 heterocycles. The molecule has 0 radical (unpaired) electrons. The Hall–Kier alpha value is -4.15. The lowest BCUT2D eigenvalue weighted by atomic mass is 9.99. The number of rotatable bonds is 26. The molecule has 366 valence electrons. The fourth-order valence-electron chi connectivity index (χ4n) is 9.57. The number of nitrogens with zero attached hydrogens (tertiary/aromatic N) is 3. The van der Waals surface area contributed by atoms with Gasteiger partial charge in [0.15, 0.2) is 11.5 Å². The highest BCUT2D eigenvalue weighted by atomic mass is 33.1. The Morgan fingerprint density at radius 2 is 1.49 bits per heavy atom. The lowest BCUT2D eigenvalue weighted by molar-refractivity contribution is -0.118. The van der Waals surface area contributed by atoms with Crippen LogP contribution in [0.15, 0.2) is 42.5 Å². The van der Waals surface area contributed by atoms with E-state index in [2.05, 4.69) is 53.2 Å². The molecule has 2 atom stereocenters. The van der Waals surface area contributed by atoms with E-state index in [1.807, 2.05) is 52.5 Å². The number of ether oxygens (including phenoxy) is 6. The first-order valence-electron chi connectivity index (χ1n) is 24.3. The van der Waals surface area contributed by atoms with Crippen LogP contribution in [0.2, 0.25) is 0 Å². The molecule has 2 amide bonds. The Morgan fingerprint density at radius 3 is 2.22 bits per heavy atom. The van der Waals surface area contributed by atoms with Gasteiger partial charge in [0, 0.05) is 92.6 Å². The summed E-state index contributed by atoms with van der Waals surface area (Å²) >= 11 is 0. The Bertz CT molecular complexity index is 2170. The van der Waals surface area contributed by atoms with Crippen molar-refractivity contribution in [2.45, 2.75) is 116 Å². The largest absolute Gasteiger partial charge is 0.493 e. The average molecular weight is 961 g/mol. The van der Waals surface area contributed by atoms with Crippen LogP contribution in [-0.2, 0) is 38.6 Å². The molecular formula is C52H72N4O9S2. The third kappa shape index (κ3) is 13.6. The van der Waals surface area contributed by atoms with Crippen LogP contribution in [-0.4, -0.2) is 130 Å². The molecule has 0 spiro atoms. The van der Waals surface area contributed by atoms with Gasteiger partial charge < -0.3 is 48.4 Å². The Balaban J connectivity index is 1.15. The summed E-state index contributed by atoms with van der Waals surface area (Å²) in [5, 5.41) is 3.53. The van der Waals surface area contributed by atoms with E-state index >= 15 is 0 Å². The SMILES string of the molecule is CCC(=O)CCCSSC(C)(C)CN(CCOCCOCCOC)c1cc(COc2cc3c(cc2C)C(=O)N2CCC[C@H]2CC3)cc(COc2cc3c(cc2OC)C(=O)N2CCC[C@H]2CN3)c1. The normalized spacial score (nSPS) is 17.8. The number of fused-ring (bicyclic) bond motifs is 4. The van der Waals surface area contributed by atoms with Gasteiger partial charge in [-0.25, -0.2) is 0 Å². The minimum Gasteiger partial charge on any atom is -0.493 e. The minimum atomic E-state index is -0.161. The molecule has 4 aliphatic rings. The predicted octanol–water partition coefficient (Wildman–Crippen LogP) is 9.15. The second-order valence-corrected chi connectivity index (χ2v) is 21.8. The van der Waals surface area contributed by atoms with Crippen LogP contribution in [0.4, 0.5) is 11.4 Å². The predicted molar refractivity (Wildman–Crippen MR) is 269 cm³/mol. The van der Waals surface area contributed by atoms with Crippen molar-refractivity contribution in [1.29, 1.82) is 0 Å². The zero-order chi connectivity index (χ0) is 47.3. The van der Waals surface area contributed by atoms with Crippen LogP contribution in [0.1, 0.15) is 115 Å². The molecule has 1 N–H and O–H groups in total. The monoisotopic (exact) mass is 960 g/mol. The topological polar surface area (TPSA) is 128 Å². The van der Waals surface area contributed by atoms with Crippen molar-refractivity contribution in [3.8, 4) is 17.2 Å². The summed E-state index contributed by atoms with van der Waals surface area (Å²) in [6.07, 6.45) is 8.04. The first kappa shape index (κ1) is 50.7. The molecule has 0 aromatic heterocycles. The molecule has 2 fully saturated rings. The van der Waals surface area contributed by atoms with E-state index in [4.69, 9.17) is 28.4 Å². The van der Waals surface area contributed by atoms with Crippen molar-refractivity contribution < 1.29 is 42.8 Å². The first-order chi connectivity index (χ1) is 32.5. The third-order valence-corrected chi connectivity index (χ3v) is 16.5. The molecule has 3 aromatic rings. The van der Waals surface area contributed by atoms with E-state index in [0.717, 1.165) is 115 Å². The van der Waals surface area contributed by atoms with Gasteiger partial charge in [-0.1, -0.05) is 28.5 Å². The maximum atomic E-state index is 13.7. The highest BCUT2D eigenvalue weighted by molar-refractivity contribution is 8.77. The second-order valence-electron chi connectivity index (χ2n) is 18.7. The third-order valence-electron chi connectivity index (χ3n) is 13.2. The number of anilines is 2. The lowest BCUT2D eigenvalue weighted by Crippen LogP contribution is -2.38. The van der Waals surface area contributed by atoms with Gasteiger partial charge in [-0.05, 0) is 124 Å². The summed E-state index contributed by atoms with van der Waals surface area (Å²) in [7, 11) is 6.94. The number of carbonyl (C=O) groups is 3. The van der Waals surface area contributed by atoms with E-state index in [1.54, 1.807) is 20.3 Å². The summed E-state index contributed by atoms with van der Waals surface area (Å²) in [5.41, 5.74) is 7.07. The van der Waals surface area contributed by atoms with Gasteiger partial charge >= 0.3 is 0 Å². The van der Waals surface area contributed by atoms with E-state index in [9.17, 15) is 14.4 Å². The molecule has 2 saturated heterocycles. The fraction of sp³-hybridized carbons (Fsp3) is 0.596. The van der Waals surface area contributed by atoms with E-state index in [0.29, 0.717) is 94.5 Å². The molecule has 7 rings (SSSR count). The standard InChI is InChI=1S/C52H72N4O9S2/c1-7-43(57)13-10-24-66-67-52(3,4)35-54(18-19-62-22-23-63-21-20-60-5)42-27-37(33-64-47-29-39-14-15-40-11-8-16-55(40)50(58)44(39)25-36(47)2)26-38(28-42)34-65-49-31-46-45(30-48(49)61-6)51(59)56-17-9-12-41(56)32-53-46/h25-31,40-41,53H,7-24,32-35H2,1-6H3/t40-,41-/m0/s1. The zero-order valence-electron chi connectivity index (χ0n) is 40.6. The first-order valence-corrected chi connectivity index (χ1v) is 26.6. The minimum absolute atomic E-state index is 0.0233. The Labute approximate surface area is 406 Å². The molecule has 0 saturated carbocycles. The van der Waals surface area contributed by atoms with E-state index in [1.165, 1.54) is 0 Å². The van der Waals surface area contributed by atoms with Crippen molar-refractivity contribution in [3.63, 3.8) is 0 Å². The Morgan fingerprint density at radius 1 is 0.806 bits per heavy atom. The smallest absolute Gasteiger partial charge is 0.256 e. The van der Waals surface area contributed by atoms with E-state index in [-0.39, 0.29) is 29.2 Å². The number of hydrogen-bond acceptors (Lipinski definition) is 13. The summed E-state index contributed by atoms with van der Waals surface area (Å²) in [5.74, 6) is 3.22. The molecule has 15 heteroatoms. The molecule has 3 aromatic carbocycles. The highest BCUT2D eigenvalue weighted by Crippen LogP contribution is 2.40. The summed E-state index contributed by atoms with van der Waals surface area (Å²) in [6.45, 7) is 15.2. The maximum absolute atomic E-state index is 13.7. The second kappa shape index (κ2) is 24.4. The van der Waals surface area contributed by atoms with Crippen LogP contribution in [0.3, 0.4) is 0 Å². The van der Waals surface area contributed by atoms with Crippen LogP contribution in [0, 0.1) is 6.92 Å². The molecule has 0 unspecified atom stereocenters. The number of benzene rings is 3. The van der Waals surface area contributed by atoms with Crippen LogP contribution < -0.4 is 24.4 Å². The van der Waals surface area contributed by atoms with E-state index < -0.39 is 0 Å². The average Bonchev–Trinajstić information content (AvgIpc) is 3.96. The van der Waals surface area contributed by atoms with Gasteiger partial charge in [-0.2, -0.15) is 0 Å². The summed E-state index contributed by atoms with van der Waals surface area (Å²) in [6, 6.07) is 14.8. The molecule has 4 aliphatic heterocycles. The van der Waals surface area contributed by atoms with Gasteiger partial charge in [0.1, 0.15) is 24.7 Å². The number of nitrogens with one attached hydrogen (secondary N) is 1. The number of ketones is 1. The molecule has 0 aliphatic carbocycles. The van der Waals surface area contributed by atoms with Crippen LogP contribution in [0.5, 0.6) is 17.2 Å². The number of amides is 2. The van der Waals surface area contributed by atoms with Crippen molar-refractivity contribution in [2.24, 2.45) is 0 Å². The maximum Gasteiger partial charge on any atom is 0.256 e.